The Kier molecular flexibility index (Phi) is 5.16. The maximum atomic E-state index is 12.9. The van der Waals surface area contributed by atoms with Gasteiger partial charge in [-0.25, -0.2) is 8.42 Å². The predicted molar refractivity (Wildman–Crippen MR) is 93.5 cm³/mol. The van der Waals surface area contributed by atoms with Gasteiger partial charge in [-0.1, -0.05) is 43.2 Å². The van der Waals surface area contributed by atoms with Crippen LogP contribution in [0.5, 0.6) is 0 Å². The average Bonchev–Trinajstić information content (AvgIpc) is 2.87. The molecule has 2 aromatic rings. The van der Waals surface area contributed by atoms with Gasteiger partial charge in [0.15, 0.2) is 0 Å². The van der Waals surface area contributed by atoms with Gasteiger partial charge in [-0.3, -0.25) is 4.79 Å². The summed E-state index contributed by atoms with van der Waals surface area (Å²) in [6, 6.07) is 12.3. The molecule has 5 nitrogen and oxygen atoms in total. The monoisotopic (exact) mass is 346 g/mol. The largest absolute Gasteiger partial charge is 0.310 e. The summed E-state index contributed by atoms with van der Waals surface area (Å²) in [5.41, 5.74) is 0.762. The first-order chi connectivity index (χ1) is 11.6. The second-order valence-corrected chi connectivity index (χ2v) is 8.07. The molecule has 1 aliphatic rings. The minimum Gasteiger partial charge on any atom is -0.310 e. The van der Waals surface area contributed by atoms with E-state index < -0.39 is 10.0 Å². The topological polar surface area (TPSA) is 59.4 Å². The van der Waals surface area contributed by atoms with Crippen LogP contribution in [0.25, 0.3) is 0 Å². The van der Waals surface area contributed by atoms with Crippen LogP contribution in [0, 0.1) is 0 Å². The predicted octanol–water partition coefficient (Wildman–Crippen LogP) is 2.46. The van der Waals surface area contributed by atoms with Crippen molar-refractivity contribution in [1.29, 1.82) is 0 Å². The highest BCUT2D eigenvalue weighted by atomic mass is 32.2. The van der Waals surface area contributed by atoms with E-state index >= 15 is 0 Å². The second kappa shape index (κ2) is 7.32. The van der Waals surface area contributed by atoms with Gasteiger partial charge in [0.2, 0.25) is 10.0 Å². The van der Waals surface area contributed by atoms with Crippen molar-refractivity contribution in [3.05, 3.63) is 64.6 Å². The van der Waals surface area contributed by atoms with E-state index in [1.165, 1.54) is 22.9 Å². The summed E-state index contributed by atoms with van der Waals surface area (Å²) < 4.78 is 28.7. The molecule has 0 saturated carbocycles. The van der Waals surface area contributed by atoms with Crippen molar-refractivity contribution in [1.82, 2.24) is 8.87 Å². The maximum absolute atomic E-state index is 12.9. The fourth-order valence-corrected chi connectivity index (χ4v) is 4.53. The van der Waals surface area contributed by atoms with Gasteiger partial charge >= 0.3 is 0 Å². The zero-order valence-corrected chi connectivity index (χ0v) is 14.4. The molecule has 0 N–H and O–H groups in total. The smallest absolute Gasteiger partial charge is 0.250 e. The zero-order chi connectivity index (χ0) is 17.0. The molecule has 2 heterocycles. The molecule has 0 radical (unpaired) electrons. The van der Waals surface area contributed by atoms with Crippen molar-refractivity contribution >= 4 is 10.0 Å². The first-order valence-electron chi connectivity index (χ1n) is 8.32. The summed E-state index contributed by atoms with van der Waals surface area (Å²) in [5.74, 6) is 0. The molecule has 0 spiro atoms. The van der Waals surface area contributed by atoms with E-state index in [0.29, 0.717) is 19.6 Å². The van der Waals surface area contributed by atoms with E-state index in [1.807, 2.05) is 30.3 Å². The summed E-state index contributed by atoms with van der Waals surface area (Å²) in [5, 5.41) is 0. The van der Waals surface area contributed by atoms with Crippen LogP contribution in [-0.4, -0.2) is 30.4 Å². The third kappa shape index (κ3) is 3.76. The highest BCUT2D eigenvalue weighted by molar-refractivity contribution is 7.89. The molecule has 0 aliphatic carbocycles. The van der Waals surface area contributed by atoms with Crippen molar-refractivity contribution in [2.45, 2.75) is 37.1 Å². The van der Waals surface area contributed by atoms with Crippen LogP contribution < -0.4 is 5.56 Å². The lowest BCUT2D eigenvalue weighted by molar-refractivity contribution is 0.423. The Hall–Kier alpha value is -1.92. The quantitative estimate of drug-likeness (QED) is 0.854. The first kappa shape index (κ1) is 16.9. The molecule has 1 saturated heterocycles. The van der Waals surface area contributed by atoms with Gasteiger partial charge in [0.25, 0.3) is 5.56 Å². The van der Waals surface area contributed by atoms with E-state index in [1.54, 1.807) is 4.31 Å². The molecule has 3 rings (SSSR count). The average molecular weight is 346 g/mol. The fraction of sp³-hybridized carbons (Fsp3) is 0.389. The molecule has 0 unspecified atom stereocenters. The van der Waals surface area contributed by atoms with Crippen molar-refractivity contribution in [2.24, 2.45) is 0 Å². The molecule has 24 heavy (non-hydrogen) atoms. The minimum absolute atomic E-state index is 0.194. The number of sulfonamides is 1. The van der Waals surface area contributed by atoms with Crippen molar-refractivity contribution in [3.63, 3.8) is 0 Å². The minimum atomic E-state index is -3.54. The lowest BCUT2D eigenvalue weighted by Gasteiger charge is -2.20. The highest BCUT2D eigenvalue weighted by Gasteiger charge is 2.25. The summed E-state index contributed by atoms with van der Waals surface area (Å²) in [4.78, 5) is 12.3. The van der Waals surface area contributed by atoms with Crippen LogP contribution in [0.15, 0.2) is 58.4 Å². The highest BCUT2D eigenvalue weighted by Crippen LogP contribution is 2.19. The standard InChI is InChI=1S/C18H22N2O3S/c21-18-11-10-17(15-19(18)14-16-8-4-3-5-9-16)24(22,23)20-12-6-1-2-7-13-20/h3-5,8-11,15H,1-2,6-7,12-14H2. The van der Waals surface area contributed by atoms with Crippen LogP contribution in [0.3, 0.4) is 0 Å². The fourth-order valence-electron chi connectivity index (χ4n) is 3.00. The molecule has 1 aromatic heterocycles. The number of nitrogens with zero attached hydrogens (tertiary/aromatic N) is 2. The molecule has 1 aliphatic heterocycles. The summed E-state index contributed by atoms with van der Waals surface area (Å²) in [7, 11) is -3.54. The van der Waals surface area contributed by atoms with Gasteiger partial charge in [0.1, 0.15) is 0 Å². The number of aromatic nitrogens is 1. The van der Waals surface area contributed by atoms with Gasteiger partial charge in [0.05, 0.1) is 11.4 Å². The van der Waals surface area contributed by atoms with Crippen LogP contribution >= 0.6 is 0 Å². The summed E-state index contributed by atoms with van der Waals surface area (Å²) >= 11 is 0. The normalized spacial score (nSPS) is 16.7. The molecular weight excluding hydrogens is 324 g/mol. The maximum Gasteiger partial charge on any atom is 0.250 e. The first-order valence-corrected chi connectivity index (χ1v) is 9.76. The number of hydrogen-bond acceptors (Lipinski definition) is 3. The Bertz CT molecular complexity index is 836. The van der Waals surface area contributed by atoms with Gasteiger partial charge < -0.3 is 4.57 Å². The third-order valence-electron chi connectivity index (χ3n) is 4.35. The summed E-state index contributed by atoms with van der Waals surface area (Å²) in [6.45, 7) is 1.48. The summed E-state index contributed by atoms with van der Waals surface area (Å²) in [6.07, 6.45) is 5.39. The lowest BCUT2D eigenvalue weighted by Crippen LogP contribution is -2.33. The van der Waals surface area contributed by atoms with Gasteiger partial charge in [-0.2, -0.15) is 4.31 Å². The molecule has 6 heteroatoms. The second-order valence-electron chi connectivity index (χ2n) is 6.13. The Morgan fingerprint density at radius 2 is 1.54 bits per heavy atom. The van der Waals surface area contributed by atoms with E-state index in [0.717, 1.165) is 31.2 Å². The van der Waals surface area contributed by atoms with Crippen molar-refractivity contribution < 1.29 is 8.42 Å². The molecular formula is C18H22N2O3S. The number of rotatable bonds is 4. The molecule has 0 bridgehead atoms. The zero-order valence-electron chi connectivity index (χ0n) is 13.6. The van der Waals surface area contributed by atoms with E-state index in [2.05, 4.69) is 0 Å². The lowest BCUT2D eigenvalue weighted by atomic mass is 10.2. The molecule has 0 atom stereocenters. The van der Waals surface area contributed by atoms with E-state index in [4.69, 9.17) is 0 Å². The molecule has 1 fully saturated rings. The molecule has 128 valence electrons. The molecule has 0 amide bonds. The van der Waals surface area contributed by atoms with E-state index in [-0.39, 0.29) is 10.5 Å². The Morgan fingerprint density at radius 1 is 0.875 bits per heavy atom. The van der Waals surface area contributed by atoms with Crippen molar-refractivity contribution in [3.8, 4) is 0 Å². The SMILES string of the molecule is O=c1ccc(S(=O)(=O)N2CCCCCC2)cn1Cc1ccccc1. The number of pyridine rings is 1. The van der Waals surface area contributed by atoms with Gasteiger partial charge in [-0.05, 0) is 24.5 Å². The van der Waals surface area contributed by atoms with E-state index in [9.17, 15) is 13.2 Å². The Labute approximate surface area is 142 Å². The van der Waals surface area contributed by atoms with Crippen LogP contribution in [0.4, 0.5) is 0 Å². The van der Waals surface area contributed by atoms with Crippen LogP contribution in [0.1, 0.15) is 31.2 Å². The Morgan fingerprint density at radius 3 is 2.21 bits per heavy atom. The molecule has 1 aromatic carbocycles. The number of hydrogen-bond donors (Lipinski definition) is 0. The van der Waals surface area contributed by atoms with Crippen LogP contribution in [-0.2, 0) is 16.6 Å². The Balaban J connectivity index is 1.91. The third-order valence-corrected chi connectivity index (χ3v) is 6.24. The number of benzene rings is 1. The van der Waals surface area contributed by atoms with Crippen molar-refractivity contribution in [2.75, 3.05) is 13.1 Å². The van der Waals surface area contributed by atoms with Crippen LogP contribution in [0.2, 0.25) is 0 Å². The van der Waals surface area contributed by atoms with Gasteiger partial charge in [-0.15, -0.1) is 0 Å². The van der Waals surface area contributed by atoms with Gasteiger partial charge in [0, 0.05) is 25.4 Å².